The number of rotatable bonds is 5. The van der Waals surface area contributed by atoms with Crippen molar-refractivity contribution in [3.63, 3.8) is 0 Å². The van der Waals surface area contributed by atoms with Gasteiger partial charge in [0.25, 0.3) is 5.91 Å². The zero-order chi connectivity index (χ0) is 20.5. The molecular weight excluding hydrogens is 387 g/mol. The molecule has 11 heteroatoms. The molecule has 0 saturated heterocycles. The lowest BCUT2D eigenvalue weighted by molar-refractivity contribution is 0.102. The van der Waals surface area contributed by atoms with E-state index in [-0.39, 0.29) is 16.1 Å². The maximum atomic E-state index is 14.1. The summed E-state index contributed by atoms with van der Waals surface area (Å²) in [7, 11) is -0.863. The second-order valence-corrected chi connectivity index (χ2v) is 8.23. The minimum Gasteiger partial charge on any atom is -0.322 e. The number of carbonyl (C=O) groups is 1. The number of amides is 1. The first-order chi connectivity index (χ1) is 13.2. The fourth-order valence-corrected chi connectivity index (χ4v) is 3.37. The van der Waals surface area contributed by atoms with E-state index in [0.717, 1.165) is 4.31 Å². The summed E-state index contributed by atoms with van der Waals surface area (Å²) in [6.45, 7) is 1.61. The number of sulfonamides is 1. The Morgan fingerprint density at radius 3 is 2.57 bits per heavy atom. The Bertz CT molecular complexity index is 1140. The number of nitrogens with zero attached hydrogens (tertiary/aromatic N) is 5. The van der Waals surface area contributed by atoms with E-state index in [1.54, 1.807) is 6.92 Å². The van der Waals surface area contributed by atoms with Gasteiger partial charge in [0.05, 0.1) is 4.90 Å². The highest BCUT2D eigenvalue weighted by atomic mass is 32.2. The monoisotopic (exact) mass is 404 g/mol. The highest BCUT2D eigenvalue weighted by molar-refractivity contribution is 7.89. The van der Waals surface area contributed by atoms with Gasteiger partial charge in [-0.3, -0.25) is 4.79 Å². The van der Waals surface area contributed by atoms with Crippen molar-refractivity contribution in [1.29, 1.82) is 0 Å². The van der Waals surface area contributed by atoms with E-state index in [1.165, 1.54) is 61.2 Å². The molecular formula is C17H17FN6O3S. The normalized spacial score (nSPS) is 11.6. The van der Waals surface area contributed by atoms with Crippen molar-refractivity contribution < 1.29 is 17.6 Å². The highest BCUT2D eigenvalue weighted by Gasteiger charge is 2.19. The summed E-state index contributed by atoms with van der Waals surface area (Å²) >= 11 is 0. The van der Waals surface area contributed by atoms with Gasteiger partial charge in [0.2, 0.25) is 10.0 Å². The number of anilines is 1. The van der Waals surface area contributed by atoms with Crippen molar-refractivity contribution >= 4 is 21.6 Å². The van der Waals surface area contributed by atoms with Crippen LogP contribution in [0.2, 0.25) is 0 Å². The number of tetrazole rings is 1. The van der Waals surface area contributed by atoms with E-state index in [2.05, 4.69) is 20.8 Å². The van der Waals surface area contributed by atoms with Gasteiger partial charge >= 0.3 is 0 Å². The fourth-order valence-electron chi connectivity index (χ4n) is 2.42. The van der Waals surface area contributed by atoms with E-state index >= 15 is 0 Å². The van der Waals surface area contributed by atoms with Crippen LogP contribution in [0.3, 0.4) is 0 Å². The Morgan fingerprint density at radius 1 is 1.18 bits per heavy atom. The smallest absolute Gasteiger partial charge is 0.255 e. The number of hydrogen-bond acceptors (Lipinski definition) is 6. The first kappa shape index (κ1) is 19.6. The molecule has 0 fully saturated rings. The number of carbonyl (C=O) groups excluding carboxylic acids is 1. The fraction of sp³-hybridized carbons (Fsp3) is 0.176. The van der Waals surface area contributed by atoms with Crippen LogP contribution in [0.4, 0.5) is 10.1 Å². The quantitative estimate of drug-likeness (QED) is 0.692. The van der Waals surface area contributed by atoms with Gasteiger partial charge in [-0.25, -0.2) is 17.1 Å². The second-order valence-electron chi connectivity index (χ2n) is 6.07. The molecule has 1 N–H and O–H groups in total. The van der Waals surface area contributed by atoms with Crippen LogP contribution in [0.15, 0.2) is 47.4 Å². The Balaban J connectivity index is 1.89. The Kier molecular flexibility index (Phi) is 5.21. The molecule has 0 saturated carbocycles. The van der Waals surface area contributed by atoms with Crippen LogP contribution in [0, 0.1) is 12.7 Å². The van der Waals surface area contributed by atoms with Crippen LogP contribution in [-0.4, -0.2) is 52.9 Å². The van der Waals surface area contributed by atoms with Crippen LogP contribution < -0.4 is 5.32 Å². The van der Waals surface area contributed by atoms with Gasteiger partial charge in [-0.2, -0.15) is 4.68 Å². The maximum Gasteiger partial charge on any atom is 0.255 e. The molecule has 0 bridgehead atoms. The maximum absolute atomic E-state index is 14.1. The molecule has 1 heterocycles. The zero-order valence-electron chi connectivity index (χ0n) is 15.3. The molecule has 0 unspecified atom stereocenters. The van der Waals surface area contributed by atoms with Gasteiger partial charge in [-0.05, 0) is 53.7 Å². The number of benzene rings is 2. The van der Waals surface area contributed by atoms with E-state index in [0.29, 0.717) is 11.5 Å². The average Bonchev–Trinajstić information content (AvgIpc) is 3.09. The van der Waals surface area contributed by atoms with Crippen LogP contribution >= 0.6 is 0 Å². The Morgan fingerprint density at radius 2 is 1.93 bits per heavy atom. The van der Waals surface area contributed by atoms with Crippen LogP contribution in [0.25, 0.3) is 5.69 Å². The standard InChI is InChI=1S/C17H17FN6O3S/c1-11-20-21-22-24(11)16-10-13(7-8-15(16)18)19-17(25)12-5-4-6-14(9-12)28(26,27)23(2)3/h4-10H,1-3H3,(H,19,25). The molecule has 146 valence electrons. The van der Waals surface area contributed by atoms with E-state index in [1.807, 2.05) is 0 Å². The van der Waals surface area contributed by atoms with E-state index in [9.17, 15) is 17.6 Å². The van der Waals surface area contributed by atoms with Crippen molar-refractivity contribution in [3.05, 3.63) is 59.7 Å². The van der Waals surface area contributed by atoms with Crippen LogP contribution in [0.1, 0.15) is 16.2 Å². The van der Waals surface area contributed by atoms with Crippen LogP contribution in [0.5, 0.6) is 0 Å². The highest BCUT2D eigenvalue weighted by Crippen LogP contribution is 2.20. The molecule has 1 aromatic heterocycles. The van der Waals surface area contributed by atoms with Crippen molar-refractivity contribution in [1.82, 2.24) is 24.5 Å². The second kappa shape index (κ2) is 7.44. The number of aromatic nitrogens is 4. The predicted octanol–water partition coefficient (Wildman–Crippen LogP) is 1.61. The summed E-state index contributed by atoms with van der Waals surface area (Å²) in [4.78, 5) is 12.5. The third-order valence-electron chi connectivity index (χ3n) is 3.93. The first-order valence-corrected chi connectivity index (χ1v) is 9.53. The minimum atomic E-state index is -3.67. The molecule has 0 radical (unpaired) electrons. The summed E-state index contributed by atoms with van der Waals surface area (Å²) in [6.07, 6.45) is 0. The molecule has 2 aromatic carbocycles. The van der Waals surface area contributed by atoms with Gasteiger partial charge in [0.15, 0.2) is 5.82 Å². The van der Waals surface area contributed by atoms with E-state index in [4.69, 9.17) is 0 Å². The number of hydrogen-bond donors (Lipinski definition) is 1. The largest absolute Gasteiger partial charge is 0.322 e. The lowest BCUT2D eigenvalue weighted by Crippen LogP contribution is -2.22. The van der Waals surface area contributed by atoms with Gasteiger partial charge < -0.3 is 5.32 Å². The third kappa shape index (κ3) is 3.75. The summed E-state index contributed by atoms with van der Waals surface area (Å²) in [5, 5.41) is 13.5. The van der Waals surface area contributed by atoms with Crippen LogP contribution in [-0.2, 0) is 10.0 Å². The van der Waals surface area contributed by atoms with Crippen molar-refractivity contribution in [2.24, 2.45) is 0 Å². The SMILES string of the molecule is Cc1nnnn1-c1cc(NC(=O)c2cccc(S(=O)(=O)N(C)C)c2)ccc1F. The molecule has 0 aliphatic rings. The van der Waals surface area contributed by atoms with Crippen molar-refractivity contribution in [2.75, 3.05) is 19.4 Å². The van der Waals surface area contributed by atoms with Gasteiger partial charge in [-0.15, -0.1) is 5.10 Å². The minimum absolute atomic E-state index is 0.00531. The molecule has 1 amide bonds. The number of nitrogens with one attached hydrogen (secondary N) is 1. The lowest BCUT2D eigenvalue weighted by atomic mass is 10.2. The molecule has 3 rings (SSSR count). The predicted molar refractivity (Wildman–Crippen MR) is 99.1 cm³/mol. The average molecular weight is 404 g/mol. The number of halogens is 1. The zero-order valence-corrected chi connectivity index (χ0v) is 16.1. The summed E-state index contributed by atoms with van der Waals surface area (Å²) < 4.78 is 40.9. The summed E-state index contributed by atoms with van der Waals surface area (Å²) in [5.41, 5.74) is 0.522. The van der Waals surface area contributed by atoms with Gasteiger partial charge in [-0.1, -0.05) is 6.07 Å². The Labute approximate surface area is 160 Å². The first-order valence-electron chi connectivity index (χ1n) is 8.09. The van der Waals surface area contributed by atoms with Gasteiger partial charge in [0, 0.05) is 25.3 Å². The summed E-state index contributed by atoms with van der Waals surface area (Å²) in [6, 6.07) is 9.60. The van der Waals surface area contributed by atoms with Crippen molar-refractivity contribution in [3.8, 4) is 5.69 Å². The molecule has 0 aliphatic heterocycles. The number of aryl methyl sites for hydroxylation is 1. The molecule has 28 heavy (non-hydrogen) atoms. The molecule has 0 spiro atoms. The molecule has 9 nitrogen and oxygen atoms in total. The molecule has 3 aromatic rings. The Hall–Kier alpha value is -3.18. The van der Waals surface area contributed by atoms with Crippen molar-refractivity contribution in [2.45, 2.75) is 11.8 Å². The van der Waals surface area contributed by atoms with Gasteiger partial charge in [0.1, 0.15) is 11.5 Å². The van der Waals surface area contributed by atoms with E-state index < -0.39 is 21.7 Å². The lowest BCUT2D eigenvalue weighted by Gasteiger charge is -2.12. The molecule has 0 aliphatic carbocycles. The molecule has 0 atom stereocenters. The summed E-state index contributed by atoms with van der Waals surface area (Å²) in [5.74, 6) is -0.724. The third-order valence-corrected chi connectivity index (χ3v) is 5.74. The topological polar surface area (TPSA) is 110 Å².